The first-order valence-corrected chi connectivity index (χ1v) is 20.5. The van der Waals surface area contributed by atoms with Crippen LogP contribution in [0.3, 0.4) is 0 Å². The molecule has 0 bridgehead atoms. The Morgan fingerprint density at radius 1 is 0.574 bits per heavy atom. The summed E-state index contributed by atoms with van der Waals surface area (Å²) in [6.07, 6.45) is 4.04. The lowest BCUT2D eigenvalue weighted by molar-refractivity contribution is 1.19. The highest BCUT2D eigenvalue weighted by Gasteiger charge is 2.28. The number of nitrogens with zero attached hydrogens (tertiary/aromatic N) is 4. The number of allylic oxidation sites excluding steroid dienone is 5. The van der Waals surface area contributed by atoms with Crippen molar-refractivity contribution in [3.8, 4) is 11.8 Å². The quantitative estimate of drug-likeness (QED) is 0.0696. The van der Waals surface area contributed by atoms with E-state index in [0.29, 0.717) is 17.0 Å². The van der Waals surface area contributed by atoms with Gasteiger partial charge in [0.1, 0.15) is 17.5 Å². The summed E-state index contributed by atoms with van der Waals surface area (Å²) in [4.78, 5) is 2.06. The van der Waals surface area contributed by atoms with Crippen molar-refractivity contribution in [2.75, 3.05) is 4.90 Å². The van der Waals surface area contributed by atoms with Crippen LogP contribution in [0.5, 0.6) is 0 Å². The van der Waals surface area contributed by atoms with Crippen molar-refractivity contribution in [1.29, 1.82) is 10.7 Å². The van der Waals surface area contributed by atoms with Gasteiger partial charge in [0.15, 0.2) is 0 Å². The predicted octanol–water partition coefficient (Wildman–Crippen LogP) is 13.8. The van der Waals surface area contributed by atoms with Gasteiger partial charge in [-0.25, -0.2) is 4.40 Å². The molecule has 0 spiro atoms. The summed E-state index contributed by atoms with van der Waals surface area (Å²) in [5.74, 6) is 0. The zero-order valence-corrected chi connectivity index (χ0v) is 33.8. The number of para-hydroxylation sites is 2. The molecule has 0 fully saturated rings. The first kappa shape index (κ1) is 37.3. The molecule has 1 N–H and O–H groups in total. The highest BCUT2D eigenvalue weighted by atomic mass is 32.1. The van der Waals surface area contributed by atoms with Crippen LogP contribution in [-0.2, 0) is 0 Å². The minimum absolute atomic E-state index is 0.242. The van der Waals surface area contributed by atoms with Gasteiger partial charge in [0.2, 0.25) is 0 Å². The van der Waals surface area contributed by atoms with Gasteiger partial charge in [0, 0.05) is 44.4 Å². The summed E-state index contributed by atoms with van der Waals surface area (Å²) in [5, 5.41) is 25.0. The fourth-order valence-electron chi connectivity index (χ4n) is 8.61. The lowest BCUT2D eigenvalue weighted by Crippen LogP contribution is -2.30. The zero-order valence-electron chi connectivity index (χ0n) is 32.9. The fourth-order valence-corrected chi connectivity index (χ4v) is 8.82. The SMILES string of the molecule is N#CC(=C(c1ccccc1)c1ccccc1)c1ccc(N(C2=CC=C(c3ccc4c(c3)c3ccc5ccccc5c3n4-c3ccccc3)C(=NS)C2=N)c2ccccc2)cc1. The van der Waals surface area contributed by atoms with Crippen LogP contribution in [0, 0.1) is 16.7 Å². The molecule has 8 aromatic carbocycles. The van der Waals surface area contributed by atoms with Crippen molar-refractivity contribution >= 4 is 84.9 Å². The van der Waals surface area contributed by atoms with Gasteiger partial charge in [-0.15, -0.1) is 0 Å². The molecule has 9 aromatic rings. The van der Waals surface area contributed by atoms with E-state index in [-0.39, 0.29) is 5.71 Å². The Balaban J connectivity index is 1.09. The molecule has 5 nitrogen and oxygen atoms in total. The number of hydrogen-bond acceptors (Lipinski definition) is 5. The zero-order chi connectivity index (χ0) is 41.3. The van der Waals surface area contributed by atoms with Gasteiger partial charge in [-0.1, -0.05) is 152 Å². The minimum Gasteiger partial charge on any atom is -0.309 e. The van der Waals surface area contributed by atoms with E-state index in [1.807, 2.05) is 133 Å². The summed E-state index contributed by atoms with van der Waals surface area (Å²) in [6.45, 7) is 0. The van der Waals surface area contributed by atoms with Gasteiger partial charge in [-0.2, -0.15) is 5.26 Å². The Bertz CT molecular complexity index is 3260. The standard InChI is InChI=1S/C55H37N5S/c56-36-49(52(39-16-5-1-6-17-39)40-18-7-2-8-19-40)38-25-29-44(30-26-38)59(42-20-9-3-10-21-42)51-34-32-45(54(58-61)53(51)57)41-28-33-50-48(35-41)47-31-27-37-15-13-14-24-46(37)55(47)60(50)43-22-11-4-12-23-43/h1-35,57,61H. The summed E-state index contributed by atoms with van der Waals surface area (Å²) < 4.78 is 6.82. The highest BCUT2D eigenvalue weighted by molar-refractivity contribution is 7.79. The van der Waals surface area contributed by atoms with Crippen LogP contribution in [0.15, 0.2) is 222 Å². The van der Waals surface area contributed by atoms with Crippen molar-refractivity contribution in [1.82, 2.24) is 4.57 Å². The van der Waals surface area contributed by atoms with E-state index >= 15 is 0 Å². The Morgan fingerprint density at radius 3 is 1.84 bits per heavy atom. The number of anilines is 2. The summed E-state index contributed by atoms with van der Waals surface area (Å²) >= 11 is 4.49. The number of hydrogen-bond donors (Lipinski definition) is 2. The van der Waals surface area contributed by atoms with Gasteiger partial charge >= 0.3 is 0 Å². The van der Waals surface area contributed by atoms with Crippen LogP contribution in [-0.4, -0.2) is 16.0 Å². The molecule has 0 aliphatic heterocycles. The molecule has 1 aliphatic carbocycles. The van der Waals surface area contributed by atoms with Crippen molar-refractivity contribution in [3.05, 3.63) is 240 Å². The van der Waals surface area contributed by atoms with Crippen molar-refractivity contribution < 1.29 is 0 Å². The van der Waals surface area contributed by atoms with Crippen LogP contribution in [0.25, 0.3) is 55.0 Å². The number of rotatable bonds is 8. The van der Waals surface area contributed by atoms with Crippen molar-refractivity contribution in [2.45, 2.75) is 0 Å². The van der Waals surface area contributed by atoms with E-state index in [1.165, 1.54) is 10.8 Å². The van der Waals surface area contributed by atoms with E-state index in [0.717, 1.165) is 72.3 Å². The molecule has 0 radical (unpaired) electrons. The van der Waals surface area contributed by atoms with Crippen LogP contribution in [0.1, 0.15) is 22.3 Å². The highest BCUT2D eigenvalue weighted by Crippen LogP contribution is 2.40. The first-order chi connectivity index (χ1) is 30.1. The average Bonchev–Trinajstić information content (AvgIpc) is 3.67. The molecule has 10 rings (SSSR count). The maximum absolute atomic E-state index is 10.7. The topological polar surface area (TPSA) is 68.2 Å². The third kappa shape index (κ3) is 6.64. The van der Waals surface area contributed by atoms with Gasteiger partial charge in [0.05, 0.1) is 22.3 Å². The first-order valence-electron chi connectivity index (χ1n) is 20.1. The Morgan fingerprint density at radius 2 is 1.18 bits per heavy atom. The molecule has 288 valence electrons. The number of fused-ring (bicyclic) bond motifs is 5. The van der Waals surface area contributed by atoms with E-state index < -0.39 is 0 Å². The lowest BCUT2D eigenvalue weighted by Gasteiger charge is -2.30. The molecular weight excluding hydrogens is 763 g/mol. The van der Waals surface area contributed by atoms with Crippen LogP contribution in [0.4, 0.5) is 11.4 Å². The number of nitrogens with one attached hydrogen (secondary N) is 1. The van der Waals surface area contributed by atoms with Crippen LogP contribution < -0.4 is 4.90 Å². The Labute approximate surface area is 359 Å². The van der Waals surface area contributed by atoms with Gasteiger partial charge in [-0.3, -0.25) is 5.41 Å². The maximum atomic E-state index is 10.7. The van der Waals surface area contributed by atoms with Crippen LogP contribution >= 0.6 is 12.8 Å². The largest absolute Gasteiger partial charge is 0.309 e. The fraction of sp³-hybridized carbons (Fsp3) is 0. The number of benzene rings is 8. The average molecular weight is 800 g/mol. The molecular formula is C55H37N5S. The van der Waals surface area contributed by atoms with Crippen molar-refractivity contribution in [2.24, 2.45) is 4.40 Å². The molecule has 0 saturated heterocycles. The third-order valence-electron chi connectivity index (χ3n) is 11.4. The maximum Gasteiger partial charge on any atom is 0.106 e. The lowest BCUT2D eigenvalue weighted by atomic mass is 9.89. The van der Waals surface area contributed by atoms with Gasteiger partial charge in [0.25, 0.3) is 0 Å². The smallest absolute Gasteiger partial charge is 0.106 e. The van der Waals surface area contributed by atoms with E-state index in [9.17, 15) is 10.7 Å². The summed E-state index contributed by atoms with van der Waals surface area (Å²) in [5.41, 5.74) is 12.4. The summed E-state index contributed by atoms with van der Waals surface area (Å²) in [6, 6.07) is 70.6. The third-order valence-corrected chi connectivity index (χ3v) is 11.6. The number of thiol groups is 1. The van der Waals surface area contributed by atoms with Gasteiger partial charge < -0.3 is 9.47 Å². The molecule has 6 heteroatoms. The monoisotopic (exact) mass is 799 g/mol. The van der Waals surface area contributed by atoms with E-state index in [4.69, 9.17) is 0 Å². The van der Waals surface area contributed by atoms with Crippen LogP contribution in [0.2, 0.25) is 0 Å². The number of nitriles is 1. The van der Waals surface area contributed by atoms with E-state index in [2.05, 4.69) is 112 Å². The van der Waals surface area contributed by atoms with Gasteiger partial charge in [-0.05, 0) is 101 Å². The second-order valence-electron chi connectivity index (χ2n) is 14.9. The molecule has 0 amide bonds. The second-order valence-corrected chi connectivity index (χ2v) is 15.1. The summed E-state index contributed by atoms with van der Waals surface area (Å²) in [7, 11) is 0. The number of aromatic nitrogens is 1. The molecule has 0 unspecified atom stereocenters. The molecule has 1 heterocycles. The molecule has 0 saturated carbocycles. The second kappa shape index (κ2) is 16.0. The molecule has 1 aromatic heterocycles. The minimum atomic E-state index is 0.242. The molecule has 1 aliphatic rings. The Kier molecular flexibility index (Phi) is 9.78. The van der Waals surface area contributed by atoms with Crippen molar-refractivity contribution in [3.63, 3.8) is 0 Å². The van der Waals surface area contributed by atoms with E-state index in [1.54, 1.807) is 0 Å². The normalized spacial score (nSPS) is 13.2. The molecule has 61 heavy (non-hydrogen) atoms. The molecule has 0 atom stereocenters. The predicted molar refractivity (Wildman–Crippen MR) is 258 cm³/mol. The Hall–Kier alpha value is -7.98.